The van der Waals surface area contributed by atoms with Crippen LogP contribution in [0.25, 0.3) is 0 Å². The van der Waals surface area contributed by atoms with Crippen molar-refractivity contribution in [2.24, 2.45) is 11.3 Å². The first-order chi connectivity index (χ1) is 7.38. The van der Waals surface area contributed by atoms with Gasteiger partial charge in [-0.2, -0.15) is 0 Å². The summed E-state index contributed by atoms with van der Waals surface area (Å²) in [4.78, 5) is 0. The van der Waals surface area contributed by atoms with Crippen LogP contribution in [0.3, 0.4) is 0 Å². The van der Waals surface area contributed by atoms with Crippen LogP contribution in [-0.4, -0.2) is 12.6 Å². The van der Waals surface area contributed by atoms with Crippen molar-refractivity contribution in [2.75, 3.05) is 6.54 Å². The molecule has 86 valence electrons. The first-order valence-corrected chi connectivity index (χ1v) is 7.11. The maximum atomic E-state index is 3.86. The molecule has 2 saturated carbocycles. The van der Waals surface area contributed by atoms with E-state index in [-0.39, 0.29) is 0 Å². The van der Waals surface area contributed by atoms with Gasteiger partial charge in [-0.05, 0) is 43.4 Å². The van der Waals surface area contributed by atoms with Crippen molar-refractivity contribution >= 4 is 0 Å². The Labute approximate surface area is 94.0 Å². The molecule has 0 bridgehead atoms. The molecule has 1 heterocycles. The van der Waals surface area contributed by atoms with Crippen LogP contribution < -0.4 is 5.32 Å². The van der Waals surface area contributed by atoms with Gasteiger partial charge in [0.05, 0.1) is 0 Å². The van der Waals surface area contributed by atoms with E-state index in [1.807, 2.05) is 0 Å². The molecule has 1 aliphatic heterocycles. The van der Waals surface area contributed by atoms with E-state index in [1.54, 1.807) is 0 Å². The molecule has 3 fully saturated rings. The highest BCUT2D eigenvalue weighted by molar-refractivity contribution is 4.98. The second-order valence-electron chi connectivity index (χ2n) is 6.30. The van der Waals surface area contributed by atoms with Gasteiger partial charge in [0.25, 0.3) is 0 Å². The summed E-state index contributed by atoms with van der Waals surface area (Å²) in [5, 5.41) is 3.86. The van der Waals surface area contributed by atoms with Gasteiger partial charge in [0.15, 0.2) is 0 Å². The summed E-state index contributed by atoms with van der Waals surface area (Å²) in [6, 6.07) is 0.892. The molecule has 1 spiro atoms. The van der Waals surface area contributed by atoms with Crippen LogP contribution in [0.15, 0.2) is 0 Å². The second kappa shape index (κ2) is 4.08. The molecule has 1 unspecified atom stereocenters. The van der Waals surface area contributed by atoms with Gasteiger partial charge in [-0.25, -0.2) is 0 Å². The van der Waals surface area contributed by atoms with E-state index in [0.717, 1.165) is 17.4 Å². The molecule has 0 amide bonds. The molecule has 3 aliphatic rings. The average Bonchev–Trinajstić information content (AvgIpc) is 2.91. The summed E-state index contributed by atoms with van der Waals surface area (Å²) in [5.74, 6) is 1.03. The zero-order valence-electron chi connectivity index (χ0n) is 9.93. The minimum Gasteiger partial charge on any atom is -0.313 e. The largest absolute Gasteiger partial charge is 0.313 e. The number of nitrogens with one attached hydrogen (secondary N) is 1. The molecular formula is C14H25N. The van der Waals surface area contributed by atoms with E-state index in [0.29, 0.717) is 0 Å². The summed E-state index contributed by atoms with van der Waals surface area (Å²) in [6.07, 6.45) is 15.0. The zero-order chi connectivity index (χ0) is 10.1. The van der Waals surface area contributed by atoms with Crippen molar-refractivity contribution in [1.29, 1.82) is 0 Å². The molecule has 0 aromatic carbocycles. The van der Waals surface area contributed by atoms with Gasteiger partial charge in [0.2, 0.25) is 0 Å². The smallest absolute Gasteiger partial charge is 0.0101 e. The number of hydrogen-bond acceptors (Lipinski definition) is 1. The fraction of sp³-hybridized carbons (Fsp3) is 1.00. The highest BCUT2D eigenvalue weighted by Crippen LogP contribution is 2.46. The van der Waals surface area contributed by atoms with Crippen LogP contribution in [0, 0.1) is 11.3 Å². The molecule has 0 aromatic heterocycles. The minimum atomic E-state index is 0.752. The zero-order valence-corrected chi connectivity index (χ0v) is 9.93. The number of hydrogen-bond donors (Lipinski definition) is 1. The lowest BCUT2D eigenvalue weighted by Gasteiger charge is -2.28. The van der Waals surface area contributed by atoms with Gasteiger partial charge >= 0.3 is 0 Å². The molecule has 15 heavy (non-hydrogen) atoms. The van der Waals surface area contributed by atoms with Gasteiger partial charge < -0.3 is 5.32 Å². The molecule has 2 aliphatic carbocycles. The Morgan fingerprint density at radius 3 is 2.33 bits per heavy atom. The van der Waals surface area contributed by atoms with Crippen molar-refractivity contribution in [3.63, 3.8) is 0 Å². The Morgan fingerprint density at radius 2 is 1.60 bits per heavy atom. The average molecular weight is 207 g/mol. The molecule has 1 saturated heterocycles. The second-order valence-corrected chi connectivity index (χ2v) is 6.30. The third kappa shape index (κ3) is 1.95. The summed E-state index contributed by atoms with van der Waals surface area (Å²) in [6.45, 7) is 1.34. The molecule has 1 nitrogen and oxygen atoms in total. The normalized spacial score (nSPS) is 36.4. The summed E-state index contributed by atoms with van der Waals surface area (Å²) >= 11 is 0. The predicted octanol–water partition coefficient (Wildman–Crippen LogP) is 3.49. The van der Waals surface area contributed by atoms with E-state index in [4.69, 9.17) is 0 Å². The summed E-state index contributed by atoms with van der Waals surface area (Å²) in [5.41, 5.74) is 0.752. The molecule has 1 N–H and O–H groups in total. The van der Waals surface area contributed by atoms with E-state index in [1.165, 1.54) is 70.8 Å². The third-order valence-corrected chi connectivity index (χ3v) is 5.28. The lowest BCUT2D eigenvalue weighted by molar-refractivity contribution is 0.261. The first kappa shape index (κ1) is 10.1. The van der Waals surface area contributed by atoms with Crippen LogP contribution in [0.4, 0.5) is 0 Å². The van der Waals surface area contributed by atoms with Gasteiger partial charge in [-0.15, -0.1) is 0 Å². The van der Waals surface area contributed by atoms with Crippen molar-refractivity contribution in [3.8, 4) is 0 Å². The molecule has 3 rings (SSSR count). The number of rotatable bonds is 1. The SMILES string of the molecule is C1CCC(C2CC3(CCCC3)CN2)CC1. The third-order valence-electron chi connectivity index (χ3n) is 5.28. The Morgan fingerprint density at radius 1 is 0.867 bits per heavy atom. The topological polar surface area (TPSA) is 12.0 Å². The Balaban J connectivity index is 1.60. The Kier molecular flexibility index (Phi) is 2.76. The van der Waals surface area contributed by atoms with E-state index < -0.39 is 0 Å². The summed E-state index contributed by atoms with van der Waals surface area (Å²) in [7, 11) is 0. The van der Waals surface area contributed by atoms with Crippen LogP contribution in [0.1, 0.15) is 64.2 Å². The lowest BCUT2D eigenvalue weighted by Crippen LogP contribution is -2.31. The van der Waals surface area contributed by atoms with Crippen LogP contribution in [-0.2, 0) is 0 Å². The quantitative estimate of drug-likeness (QED) is 0.694. The maximum Gasteiger partial charge on any atom is 0.0101 e. The van der Waals surface area contributed by atoms with Crippen LogP contribution >= 0.6 is 0 Å². The highest BCUT2D eigenvalue weighted by Gasteiger charge is 2.42. The van der Waals surface area contributed by atoms with Crippen LogP contribution in [0.5, 0.6) is 0 Å². The fourth-order valence-corrected chi connectivity index (χ4v) is 4.33. The molecule has 0 aromatic rings. The van der Waals surface area contributed by atoms with E-state index >= 15 is 0 Å². The maximum absolute atomic E-state index is 3.86. The van der Waals surface area contributed by atoms with Crippen molar-refractivity contribution < 1.29 is 0 Å². The van der Waals surface area contributed by atoms with Crippen molar-refractivity contribution in [3.05, 3.63) is 0 Å². The predicted molar refractivity (Wildman–Crippen MR) is 63.9 cm³/mol. The minimum absolute atomic E-state index is 0.752. The highest BCUT2D eigenvalue weighted by atomic mass is 15.0. The first-order valence-electron chi connectivity index (χ1n) is 7.11. The van der Waals surface area contributed by atoms with E-state index in [9.17, 15) is 0 Å². The standard InChI is InChI=1S/C14H25N/c1-2-6-12(7-3-1)13-10-14(11-15-13)8-4-5-9-14/h12-13,15H,1-11H2. The van der Waals surface area contributed by atoms with Gasteiger partial charge in [0.1, 0.15) is 0 Å². The van der Waals surface area contributed by atoms with Crippen molar-refractivity contribution in [1.82, 2.24) is 5.32 Å². The van der Waals surface area contributed by atoms with Gasteiger partial charge in [-0.1, -0.05) is 32.1 Å². The molecular weight excluding hydrogens is 182 g/mol. The monoisotopic (exact) mass is 207 g/mol. The molecule has 0 radical (unpaired) electrons. The van der Waals surface area contributed by atoms with Gasteiger partial charge in [0, 0.05) is 12.6 Å². The Bertz CT molecular complexity index is 211. The Hall–Kier alpha value is -0.0400. The molecule has 1 heteroatoms. The summed E-state index contributed by atoms with van der Waals surface area (Å²) < 4.78 is 0. The molecule has 1 atom stereocenters. The lowest BCUT2D eigenvalue weighted by atomic mass is 9.77. The van der Waals surface area contributed by atoms with Crippen molar-refractivity contribution in [2.45, 2.75) is 70.3 Å². The van der Waals surface area contributed by atoms with E-state index in [2.05, 4.69) is 5.32 Å². The van der Waals surface area contributed by atoms with Crippen LogP contribution in [0.2, 0.25) is 0 Å². The van der Waals surface area contributed by atoms with Gasteiger partial charge in [-0.3, -0.25) is 0 Å². The fourth-order valence-electron chi connectivity index (χ4n) is 4.33.